The van der Waals surface area contributed by atoms with E-state index in [4.69, 9.17) is 4.74 Å². The molecule has 1 amide bonds. The number of carbonyl (C=O) groups excluding carboxylic acids is 1. The van der Waals surface area contributed by atoms with E-state index in [1.807, 2.05) is 0 Å². The predicted molar refractivity (Wildman–Crippen MR) is 117 cm³/mol. The summed E-state index contributed by atoms with van der Waals surface area (Å²) < 4.78 is 74.3. The Bertz CT molecular complexity index is 1270. The summed E-state index contributed by atoms with van der Waals surface area (Å²) in [7, 11) is -2.73. The molecule has 0 saturated carbocycles. The third-order valence-electron chi connectivity index (χ3n) is 4.87. The highest BCUT2D eigenvalue weighted by molar-refractivity contribution is 7.89. The Hall–Kier alpha value is -3.37. The molecule has 6 nitrogen and oxygen atoms in total. The minimum absolute atomic E-state index is 0.0770. The van der Waals surface area contributed by atoms with E-state index in [9.17, 15) is 26.4 Å². The first-order valence-electron chi connectivity index (χ1n) is 9.77. The van der Waals surface area contributed by atoms with E-state index in [0.717, 1.165) is 6.07 Å². The number of hydrogen-bond donors (Lipinski definition) is 2. The zero-order valence-corrected chi connectivity index (χ0v) is 18.5. The fourth-order valence-corrected chi connectivity index (χ4v) is 4.43. The number of halogens is 3. The monoisotopic (exact) mass is 478 g/mol. The molecule has 0 aliphatic rings. The average molecular weight is 478 g/mol. The SMILES string of the molecule is COc1ccc(S(=O)(=O)N[C@H](Cc2ccccc2)C(=O)Nc2ccc(F)c(F)c2F)cc1C. The van der Waals surface area contributed by atoms with Crippen molar-refractivity contribution < 1.29 is 31.1 Å². The molecular weight excluding hydrogens is 457 g/mol. The number of sulfonamides is 1. The van der Waals surface area contributed by atoms with Crippen molar-refractivity contribution in [2.24, 2.45) is 0 Å². The van der Waals surface area contributed by atoms with Gasteiger partial charge in [0.05, 0.1) is 17.7 Å². The van der Waals surface area contributed by atoms with Gasteiger partial charge in [0, 0.05) is 0 Å². The number of ether oxygens (including phenoxy) is 1. The second-order valence-corrected chi connectivity index (χ2v) is 8.92. The predicted octanol–water partition coefficient (Wildman–Crippen LogP) is 3.95. The van der Waals surface area contributed by atoms with Crippen LogP contribution < -0.4 is 14.8 Å². The smallest absolute Gasteiger partial charge is 0.242 e. The van der Waals surface area contributed by atoms with Gasteiger partial charge in [-0.25, -0.2) is 21.6 Å². The van der Waals surface area contributed by atoms with Crippen LogP contribution in [0.2, 0.25) is 0 Å². The van der Waals surface area contributed by atoms with Gasteiger partial charge in [-0.05, 0) is 54.8 Å². The van der Waals surface area contributed by atoms with Crippen molar-refractivity contribution in [3.05, 3.63) is 89.2 Å². The summed E-state index contributed by atoms with van der Waals surface area (Å²) in [6.45, 7) is 1.66. The molecule has 174 valence electrons. The van der Waals surface area contributed by atoms with Gasteiger partial charge in [0.15, 0.2) is 17.5 Å². The molecule has 1 atom stereocenters. The molecule has 10 heteroatoms. The molecule has 0 aliphatic heterocycles. The number of hydrogen-bond acceptors (Lipinski definition) is 4. The minimum Gasteiger partial charge on any atom is -0.496 e. The van der Waals surface area contributed by atoms with Crippen molar-refractivity contribution in [1.29, 1.82) is 0 Å². The van der Waals surface area contributed by atoms with Gasteiger partial charge in [-0.2, -0.15) is 4.72 Å². The second-order valence-electron chi connectivity index (χ2n) is 7.21. The Kier molecular flexibility index (Phi) is 7.39. The van der Waals surface area contributed by atoms with Crippen molar-refractivity contribution >= 4 is 21.6 Å². The molecular formula is C23H21F3N2O4S. The first-order chi connectivity index (χ1) is 15.6. The van der Waals surface area contributed by atoms with Gasteiger partial charge in [-0.15, -0.1) is 0 Å². The van der Waals surface area contributed by atoms with Crippen molar-refractivity contribution in [1.82, 2.24) is 4.72 Å². The molecule has 33 heavy (non-hydrogen) atoms. The lowest BCUT2D eigenvalue weighted by Crippen LogP contribution is -2.45. The number of amides is 1. The van der Waals surface area contributed by atoms with Crippen LogP contribution in [0.15, 0.2) is 65.6 Å². The van der Waals surface area contributed by atoms with Crippen LogP contribution in [0.5, 0.6) is 5.75 Å². The highest BCUT2D eigenvalue weighted by Gasteiger charge is 2.28. The Morgan fingerprint density at radius 3 is 2.33 bits per heavy atom. The van der Waals surface area contributed by atoms with E-state index in [2.05, 4.69) is 10.0 Å². The Morgan fingerprint density at radius 2 is 1.70 bits per heavy atom. The second kappa shape index (κ2) is 10.1. The van der Waals surface area contributed by atoms with Crippen LogP contribution >= 0.6 is 0 Å². The lowest BCUT2D eigenvalue weighted by atomic mass is 10.1. The van der Waals surface area contributed by atoms with Gasteiger partial charge in [-0.3, -0.25) is 4.79 Å². The highest BCUT2D eigenvalue weighted by Crippen LogP contribution is 2.23. The highest BCUT2D eigenvalue weighted by atomic mass is 32.2. The normalized spacial score (nSPS) is 12.3. The van der Waals surface area contributed by atoms with Gasteiger partial charge >= 0.3 is 0 Å². The quantitative estimate of drug-likeness (QED) is 0.481. The zero-order chi connectivity index (χ0) is 24.2. The molecule has 0 aliphatic carbocycles. The molecule has 3 rings (SSSR count). The molecule has 0 spiro atoms. The van der Waals surface area contributed by atoms with Gasteiger partial charge in [0.1, 0.15) is 11.8 Å². The number of methoxy groups -OCH3 is 1. The van der Waals surface area contributed by atoms with E-state index in [1.54, 1.807) is 37.3 Å². The summed E-state index contributed by atoms with van der Waals surface area (Å²) in [5, 5.41) is 2.13. The van der Waals surface area contributed by atoms with Crippen LogP contribution in [0.4, 0.5) is 18.9 Å². The van der Waals surface area contributed by atoms with Crippen molar-refractivity contribution in [2.45, 2.75) is 24.3 Å². The minimum atomic E-state index is -4.18. The van der Waals surface area contributed by atoms with Crippen LogP contribution in [0.1, 0.15) is 11.1 Å². The molecule has 0 heterocycles. The van der Waals surface area contributed by atoms with Crippen molar-refractivity contribution in [2.75, 3.05) is 12.4 Å². The standard InChI is InChI=1S/C23H21F3N2O4S/c1-14-12-16(8-11-20(14)32-2)33(30,31)28-19(13-15-6-4-3-5-7-15)23(29)27-18-10-9-17(24)21(25)22(18)26/h3-12,19,28H,13H2,1-2H3,(H,27,29)/t19-/m1/s1. The van der Waals surface area contributed by atoms with Gasteiger partial charge in [0.25, 0.3) is 0 Å². The summed E-state index contributed by atoms with van der Waals surface area (Å²) in [4.78, 5) is 12.8. The van der Waals surface area contributed by atoms with Crippen molar-refractivity contribution in [3.8, 4) is 5.75 Å². The number of rotatable bonds is 8. The molecule has 0 bridgehead atoms. The van der Waals surface area contributed by atoms with Crippen LogP contribution in [-0.4, -0.2) is 27.5 Å². The van der Waals surface area contributed by atoms with Gasteiger partial charge in [0.2, 0.25) is 15.9 Å². The molecule has 2 N–H and O–H groups in total. The van der Waals surface area contributed by atoms with Crippen LogP contribution in [0.3, 0.4) is 0 Å². The molecule has 0 saturated heterocycles. The van der Waals surface area contributed by atoms with E-state index < -0.39 is 45.1 Å². The first-order valence-corrected chi connectivity index (χ1v) is 11.3. The van der Waals surface area contributed by atoms with Crippen molar-refractivity contribution in [3.63, 3.8) is 0 Å². The molecule has 0 fully saturated rings. The number of anilines is 1. The fourth-order valence-electron chi connectivity index (χ4n) is 3.15. The third-order valence-corrected chi connectivity index (χ3v) is 6.34. The van der Waals surface area contributed by atoms with E-state index in [0.29, 0.717) is 22.9 Å². The molecule has 3 aromatic rings. The summed E-state index contributed by atoms with van der Waals surface area (Å²) in [6, 6.07) is 12.8. The molecule has 0 radical (unpaired) electrons. The Labute approximate surface area is 189 Å². The maximum Gasteiger partial charge on any atom is 0.242 e. The first kappa shape index (κ1) is 24.3. The number of aryl methyl sites for hydroxylation is 1. The molecule has 3 aromatic carbocycles. The van der Waals surface area contributed by atoms with Crippen LogP contribution in [-0.2, 0) is 21.2 Å². The van der Waals surface area contributed by atoms with E-state index in [-0.39, 0.29) is 11.3 Å². The van der Waals surface area contributed by atoms with Gasteiger partial charge in [-0.1, -0.05) is 30.3 Å². The molecule has 0 unspecified atom stereocenters. The summed E-state index contributed by atoms with van der Waals surface area (Å²) >= 11 is 0. The van der Waals surface area contributed by atoms with Crippen LogP contribution in [0, 0.1) is 24.4 Å². The average Bonchev–Trinajstić information content (AvgIpc) is 2.79. The topological polar surface area (TPSA) is 84.5 Å². The Morgan fingerprint density at radius 1 is 1.00 bits per heavy atom. The fraction of sp³-hybridized carbons (Fsp3) is 0.174. The third kappa shape index (κ3) is 5.71. The lowest BCUT2D eigenvalue weighted by molar-refractivity contribution is -0.117. The molecule has 0 aromatic heterocycles. The summed E-state index contributed by atoms with van der Waals surface area (Å²) in [6.07, 6.45) is -0.0770. The van der Waals surface area contributed by atoms with Gasteiger partial charge < -0.3 is 10.1 Å². The van der Waals surface area contributed by atoms with Crippen LogP contribution in [0.25, 0.3) is 0 Å². The summed E-state index contributed by atoms with van der Waals surface area (Å²) in [5.74, 6) is -5.21. The number of benzene rings is 3. The van der Waals surface area contributed by atoms with E-state index >= 15 is 0 Å². The number of carbonyl (C=O) groups is 1. The maximum atomic E-state index is 14.1. The lowest BCUT2D eigenvalue weighted by Gasteiger charge is -2.19. The Balaban J connectivity index is 1.91. The zero-order valence-electron chi connectivity index (χ0n) is 17.7. The largest absolute Gasteiger partial charge is 0.496 e. The maximum absolute atomic E-state index is 14.1. The number of nitrogens with one attached hydrogen (secondary N) is 2. The summed E-state index contributed by atoms with van der Waals surface area (Å²) in [5.41, 5.74) is 0.571. The van der Waals surface area contributed by atoms with E-state index in [1.165, 1.54) is 25.3 Å².